The lowest BCUT2D eigenvalue weighted by Gasteiger charge is -2.09. The number of ether oxygens (including phenoxy) is 1. The van der Waals surface area contributed by atoms with Gasteiger partial charge in [-0.3, -0.25) is 4.79 Å². The van der Waals surface area contributed by atoms with Gasteiger partial charge in [-0.25, -0.2) is 0 Å². The van der Waals surface area contributed by atoms with Crippen molar-refractivity contribution in [3.8, 4) is 5.75 Å². The minimum absolute atomic E-state index is 0.0185. The summed E-state index contributed by atoms with van der Waals surface area (Å²) in [5.41, 5.74) is 8.51. The predicted octanol–water partition coefficient (Wildman–Crippen LogP) is 2.27. The first kappa shape index (κ1) is 13.9. The maximum Gasteiger partial charge on any atom is 0.258 e. The monoisotopic (exact) mass is 270 g/mol. The molecule has 0 spiro atoms. The molecule has 0 heterocycles. The van der Waals surface area contributed by atoms with Crippen LogP contribution in [0.3, 0.4) is 0 Å². The van der Waals surface area contributed by atoms with E-state index in [0.29, 0.717) is 18.0 Å². The number of aryl methyl sites for hydroxylation is 1. The molecular formula is C16H18N2O2. The molecule has 0 saturated heterocycles. The average Bonchev–Trinajstić information content (AvgIpc) is 2.44. The Hall–Kier alpha value is -2.49. The number of nitrogens with one attached hydrogen (secondary N) is 1. The maximum atomic E-state index is 11.7. The lowest BCUT2D eigenvalue weighted by Crippen LogP contribution is -2.28. The van der Waals surface area contributed by atoms with Crippen molar-refractivity contribution in [1.29, 1.82) is 0 Å². The first-order valence-electron chi connectivity index (χ1n) is 6.44. The van der Waals surface area contributed by atoms with Crippen LogP contribution in [-0.4, -0.2) is 12.5 Å². The fraction of sp³-hybridized carbons (Fsp3) is 0.188. The van der Waals surface area contributed by atoms with Gasteiger partial charge < -0.3 is 15.8 Å². The van der Waals surface area contributed by atoms with Gasteiger partial charge in [0.25, 0.3) is 5.91 Å². The number of benzene rings is 2. The van der Waals surface area contributed by atoms with Crippen molar-refractivity contribution >= 4 is 11.6 Å². The number of nitrogen functional groups attached to an aromatic ring is 1. The molecule has 0 unspecified atom stereocenters. The summed E-state index contributed by atoms with van der Waals surface area (Å²) in [6.45, 7) is 2.51. The van der Waals surface area contributed by atoms with Crippen LogP contribution in [0.4, 0.5) is 5.69 Å². The van der Waals surface area contributed by atoms with Crippen molar-refractivity contribution in [2.24, 2.45) is 0 Å². The summed E-state index contributed by atoms with van der Waals surface area (Å²) in [6, 6.07) is 15.0. The minimum Gasteiger partial charge on any atom is -0.484 e. The van der Waals surface area contributed by atoms with Gasteiger partial charge in [0.1, 0.15) is 5.75 Å². The van der Waals surface area contributed by atoms with Crippen molar-refractivity contribution in [1.82, 2.24) is 5.32 Å². The second-order valence-corrected chi connectivity index (χ2v) is 4.56. The van der Waals surface area contributed by atoms with E-state index in [9.17, 15) is 4.79 Å². The number of carbonyl (C=O) groups is 1. The number of anilines is 1. The van der Waals surface area contributed by atoms with Crippen LogP contribution in [0, 0.1) is 6.92 Å². The highest BCUT2D eigenvalue weighted by Crippen LogP contribution is 2.14. The second kappa shape index (κ2) is 6.61. The van der Waals surface area contributed by atoms with Gasteiger partial charge in [0.15, 0.2) is 6.61 Å². The lowest BCUT2D eigenvalue weighted by molar-refractivity contribution is -0.123. The van der Waals surface area contributed by atoms with Crippen LogP contribution in [0.25, 0.3) is 0 Å². The van der Waals surface area contributed by atoms with E-state index in [-0.39, 0.29) is 12.5 Å². The molecule has 0 aliphatic carbocycles. The highest BCUT2D eigenvalue weighted by atomic mass is 16.5. The fourth-order valence-corrected chi connectivity index (χ4v) is 1.81. The largest absolute Gasteiger partial charge is 0.484 e. The molecule has 4 heteroatoms. The Balaban J connectivity index is 1.80. The van der Waals surface area contributed by atoms with Crippen LogP contribution >= 0.6 is 0 Å². The van der Waals surface area contributed by atoms with Gasteiger partial charge >= 0.3 is 0 Å². The quantitative estimate of drug-likeness (QED) is 0.819. The molecule has 0 saturated carbocycles. The summed E-state index contributed by atoms with van der Waals surface area (Å²) in [5.74, 6) is 0.437. The van der Waals surface area contributed by atoms with E-state index in [1.807, 2.05) is 31.2 Å². The van der Waals surface area contributed by atoms with Gasteiger partial charge in [-0.1, -0.05) is 30.3 Å². The third-order valence-corrected chi connectivity index (χ3v) is 2.97. The van der Waals surface area contributed by atoms with Crippen molar-refractivity contribution < 1.29 is 9.53 Å². The number of hydrogen-bond acceptors (Lipinski definition) is 3. The number of amides is 1. The topological polar surface area (TPSA) is 64.3 Å². The van der Waals surface area contributed by atoms with Crippen molar-refractivity contribution in [3.63, 3.8) is 0 Å². The number of nitrogens with two attached hydrogens (primary N) is 1. The third-order valence-electron chi connectivity index (χ3n) is 2.97. The molecule has 0 aliphatic heterocycles. The molecule has 0 bridgehead atoms. The van der Waals surface area contributed by atoms with Crippen molar-refractivity contribution in [3.05, 3.63) is 59.7 Å². The molecule has 1 amide bonds. The van der Waals surface area contributed by atoms with E-state index < -0.39 is 0 Å². The lowest BCUT2D eigenvalue weighted by atomic mass is 10.1. The van der Waals surface area contributed by atoms with Gasteiger partial charge in [0, 0.05) is 18.3 Å². The van der Waals surface area contributed by atoms with Gasteiger partial charge in [-0.15, -0.1) is 0 Å². The van der Waals surface area contributed by atoms with Crippen molar-refractivity contribution in [2.75, 3.05) is 12.3 Å². The van der Waals surface area contributed by atoms with E-state index >= 15 is 0 Å². The minimum atomic E-state index is -0.157. The Morgan fingerprint density at radius 1 is 1.20 bits per heavy atom. The molecule has 0 atom stereocenters. The van der Waals surface area contributed by atoms with Crippen LogP contribution in [0.2, 0.25) is 0 Å². The van der Waals surface area contributed by atoms with E-state index in [1.165, 1.54) is 0 Å². The van der Waals surface area contributed by atoms with Gasteiger partial charge in [-0.2, -0.15) is 0 Å². The molecular weight excluding hydrogens is 252 g/mol. The van der Waals surface area contributed by atoms with E-state index in [2.05, 4.69) is 5.32 Å². The Labute approximate surface area is 118 Å². The molecule has 3 N–H and O–H groups in total. The zero-order valence-corrected chi connectivity index (χ0v) is 11.4. The van der Waals surface area contributed by atoms with Crippen LogP contribution in [-0.2, 0) is 11.3 Å². The standard InChI is InChI=1S/C16H18N2O2/c1-12-5-2-3-6-13(12)10-18-16(19)11-20-15-8-4-7-14(17)9-15/h2-9H,10-11,17H2,1H3,(H,18,19). The second-order valence-electron chi connectivity index (χ2n) is 4.56. The fourth-order valence-electron chi connectivity index (χ4n) is 1.81. The first-order valence-corrected chi connectivity index (χ1v) is 6.44. The van der Waals surface area contributed by atoms with Crippen LogP contribution in [0.5, 0.6) is 5.75 Å². The van der Waals surface area contributed by atoms with Gasteiger partial charge in [0.05, 0.1) is 0 Å². The van der Waals surface area contributed by atoms with Crippen LogP contribution in [0.15, 0.2) is 48.5 Å². The maximum absolute atomic E-state index is 11.7. The molecule has 2 aromatic rings. The summed E-state index contributed by atoms with van der Waals surface area (Å²) in [4.78, 5) is 11.7. The molecule has 104 valence electrons. The molecule has 2 rings (SSSR count). The van der Waals surface area contributed by atoms with Crippen LogP contribution in [0.1, 0.15) is 11.1 Å². The van der Waals surface area contributed by atoms with E-state index in [1.54, 1.807) is 24.3 Å². The van der Waals surface area contributed by atoms with Crippen molar-refractivity contribution in [2.45, 2.75) is 13.5 Å². The van der Waals surface area contributed by atoms with E-state index in [4.69, 9.17) is 10.5 Å². The average molecular weight is 270 g/mol. The number of hydrogen-bond donors (Lipinski definition) is 2. The highest BCUT2D eigenvalue weighted by Gasteiger charge is 2.04. The third kappa shape index (κ3) is 4.02. The first-order chi connectivity index (χ1) is 9.65. The Morgan fingerprint density at radius 3 is 2.75 bits per heavy atom. The summed E-state index contributed by atoms with van der Waals surface area (Å²) < 4.78 is 5.38. The predicted molar refractivity (Wildman–Crippen MR) is 79.4 cm³/mol. The normalized spacial score (nSPS) is 10.1. The Kier molecular flexibility index (Phi) is 4.60. The SMILES string of the molecule is Cc1ccccc1CNC(=O)COc1cccc(N)c1. The summed E-state index contributed by atoms with van der Waals surface area (Å²) in [7, 11) is 0. The molecule has 0 radical (unpaired) electrons. The molecule has 0 fully saturated rings. The molecule has 0 aliphatic rings. The zero-order valence-electron chi connectivity index (χ0n) is 11.4. The highest BCUT2D eigenvalue weighted by molar-refractivity contribution is 5.77. The zero-order chi connectivity index (χ0) is 14.4. The molecule has 0 aromatic heterocycles. The van der Waals surface area contributed by atoms with E-state index in [0.717, 1.165) is 11.1 Å². The summed E-state index contributed by atoms with van der Waals surface area (Å²) in [6.07, 6.45) is 0. The molecule has 20 heavy (non-hydrogen) atoms. The smallest absolute Gasteiger partial charge is 0.258 e. The van der Waals surface area contributed by atoms with Gasteiger partial charge in [0.2, 0.25) is 0 Å². The Bertz CT molecular complexity index is 597. The molecule has 4 nitrogen and oxygen atoms in total. The number of rotatable bonds is 5. The van der Waals surface area contributed by atoms with Crippen LogP contribution < -0.4 is 15.8 Å². The summed E-state index contributed by atoms with van der Waals surface area (Å²) >= 11 is 0. The molecule has 2 aromatic carbocycles. The number of carbonyl (C=O) groups excluding carboxylic acids is 1. The van der Waals surface area contributed by atoms with Gasteiger partial charge in [-0.05, 0) is 30.2 Å². The summed E-state index contributed by atoms with van der Waals surface area (Å²) in [5, 5.41) is 2.83. The Morgan fingerprint density at radius 2 is 2.00 bits per heavy atom.